The first-order valence-electron chi connectivity index (χ1n) is 13.8. The molecule has 2 saturated heterocycles. The first-order chi connectivity index (χ1) is 21.6. The summed E-state index contributed by atoms with van der Waals surface area (Å²) in [6.45, 7) is -8.07. The summed E-state index contributed by atoms with van der Waals surface area (Å²) in [4.78, 5) is 25.6. The maximum absolute atomic E-state index is 13.5. The molecule has 8 atom stereocenters. The van der Waals surface area contributed by atoms with Crippen LogP contribution < -0.4 is 5.73 Å². The van der Waals surface area contributed by atoms with E-state index < -0.39 is 32.0 Å². The van der Waals surface area contributed by atoms with Gasteiger partial charge in [0.25, 0.3) is 0 Å². The molecule has 0 radical (unpaired) electrons. The molecule has 0 aromatic carbocycles. The number of aromatic hydroxyl groups is 1. The van der Waals surface area contributed by atoms with Gasteiger partial charge in [-0.05, 0) is 12.3 Å². The Balaban J connectivity index is 1.04. The molecular weight excluding hydrogens is 670 g/mol. The van der Waals surface area contributed by atoms with Crippen LogP contribution in [-0.4, -0.2) is 80.6 Å². The molecule has 18 nitrogen and oxygen atoms in total. The fourth-order valence-corrected chi connectivity index (χ4v) is 8.88. The van der Waals surface area contributed by atoms with Crippen LogP contribution in [-0.2, 0) is 32.0 Å². The molecule has 0 spiro atoms. The molecule has 5 aromatic rings. The molecule has 0 bridgehead atoms. The molecular formula is C23H26N10O8P2S2. The number of rotatable bonds is 2. The van der Waals surface area contributed by atoms with Crippen LogP contribution in [0.3, 0.4) is 0 Å². The fraction of sp³-hybridized carbons (Fsp3) is 0.478. The van der Waals surface area contributed by atoms with Gasteiger partial charge in [-0.2, -0.15) is 4.98 Å². The van der Waals surface area contributed by atoms with Gasteiger partial charge < -0.3 is 29.2 Å². The highest BCUT2D eigenvalue weighted by atomic mass is 32.7. The Bertz CT molecular complexity index is 2040. The van der Waals surface area contributed by atoms with E-state index in [2.05, 4.69) is 54.4 Å². The summed E-state index contributed by atoms with van der Waals surface area (Å²) >= 11 is 8.47. The number of hydrogen-bond donors (Lipinski definition) is 4. The van der Waals surface area contributed by atoms with E-state index in [-0.39, 0.29) is 55.8 Å². The highest BCUT2D eigenvalue weighted by molar-refractivity contribution is 8.44. The van der Waals surface area contributed by atoms with Crippen molar-refractivity contribution >= 4 is 72.0 Å². The monoisotopic (exact) mass is 696 g/mol. The molecule has 2 aliphatic heterocycles. The Kier molecular flexibility index (Phi) is 7.16. The van der Waals surface area contributed by atoms with Crippen molar-refractivity contribution in [3.8, 4) is 5.88 Å². The van der Waals surface area contributed by atoms with Crippen molar-refractivity contribution < 1.29 is 37.1 Å². The zero-order valence-electron chi connectivity index (χ0n) is 23.1. The molecule has 2 unspecified atom stereocenters. The quantitative estimate of drug-likeness (QED) is 0.154. The maximum Gasteiger partial charge on any atom is 0.386 e. The summed E-state index contributed by atoms with van der Waals surface area (Å²) in [5, 5.41) is 10.7. The van der Waals surface area contributed by atoms with Gasteiger partial charge in [0, 0.05) is 30.8 Å². The second kappa shape index (κ2) is 10.9. The molecule has 1 aliphatic carbocycles. The standard InChI is InChI=1S/C23H26N10O8P2S2/c24-19-17-20(27-8-26-19)33(10-28-17)16-4-14-15(40-16)7-39-42(35,44)38-6-12-11(5-37-43(36,45)41-14)3-13(12)32-9-29-18-21(32)30-23-25-1-2-31(23)22(18)34/h1-2,8-16,34H,3-7H2,(H,35,44)(H,36,45)(H2,24,26,27)/t11-,12-,13-,14+,15-,16-,42?,43?/m1/s1. The number of hydrogen-bond acceptors (Lipinski definition) is 15. The number of imidazole rings is 3. The number of nitrogens with zero attached hydrogens (tertiary/aromatic N) is 9. The fourth-order valence-electron chi connectivity index (χ4n) is 6.14. The lowest BCUT2D eigenvalue weighted by Crippen LogP contribution is -2.43. The molecule has 5 aromatic heterocycles. The van der Waals surface area contributed by atoms with E-state index in [1.165, 1.54) is 23.3 Å². The van der Waals surface area contributed by atoms with Gasteiger partial charge in [-0.25, -0.2) is 34.0 Å². The van der Waals surface area contributed by atoms with Gasteiger partial charge in [-0.1, -0.05) is 24.5 Å². The maximum atomic E-state index is 13.5. The van der Waals surface area contributed by atoms with E-state index in [0.29, 0.717) is 34.5 Å². The lowest BCUT2D eigenvalue weighted by molar-refractivity contribution is -0.0365. The van der Waals surface area contributed by atoms with Gasteiger partial charge in [0.1, 0.15) is 30.3 Å². The van der Waals surface area contributed by atoms with Gasteiger partial charge >= 0.3 is 13.6 Å². The minimum absolute atomic E-state index is 0.0167. The lowest BCUT2D eigenvalue weighted by atomic mass is 9.70. The Morgan fingerprint density at radius 3 is 2.53 bits per heavy atom. The second-order valence-electron chi connectivity index (χ2n) is 11.0. The van der Waals surface area contributed by atoms with Crippen molar-refractivity contribution in [2.75, 3.05) is 25.6 Å². The van der Waals surface area contributed by atoms with Crippen molar-refractivity contribution in [1.29, 1.82) is 0 Å². The Hall–Kier alpha value is -2.80. The van der Waals surface area contributed by atoms with Crippen LogP contribution in [0.4, 0.5) is 5.82 Å². The number of anilines is 1. The average molecular weight is 697 g/mol. The van der Waals surface area contributed by atoms with Gasteiger partial charge in [-0.15, -0.1) is 0 Å². The topological polar surface area (TPSA) is 218 Å². The zero-order chi connectivity index (χ0) is 31.1. The number of aromatic nitrogens is 9. The molecule has 3 aliphatic rings. The predicted octanol–water partition coefficient (Wildman–Crippen LogP) is 3.20. The third-order valence-electron chi connectivity index (χ3n) is 8.47. The van der Waals surface area contributed by atoms with E-state index in [0.717, 1.165) is 0 Å². The molecule has 3 N–H and O–H groups in total. The van der Waals surface area contributed by atoms with Gasteiger partial charge in [-0.3, -0.25) is 18.0 Å². The number of nitrogens with two attached hydrogens (primary N) is 1. The van der Waals surface area contributed by atoms with Crippen molar-refractivity contribution in [3.05, 3.63) is 31.4 Å². The Morgan fingerprint density at radius 1 is 0.889 bits per heavy atom. The van der Waals surface area contributed by atoms with Crippen molar-refractivity contribution in [2.45, 2.75) is 37.3 Å². The van der Waals surface area contributed by atoms with E-state index in [1.54, 1.807) is 17.1 Å². The van der Waals surface area contributed by atoms with E-state index >= 15 is 0 Å². The SMILES string of the molecule is Nc1ncnc2c1ncn2[C@H]1C[C@@H]2OP(=O)(S)OC[C@H]3C[C@@H](n4cnc5c(O)n6ccnc6nc54)[C@@H]3COP(=O)(S)OC[C@H]2O1. The summed E-state index contributed by atoms with van der Waals surface area (Å²) in [6, 6.07) is -0.238. The first-order valence-corrected chi connectivity index (χ1v) is 19.2. The van der Waals surface area contributed by atoms with Gasteiger partial charge in [0.2, 0.25) is 11.7 Å². The lowest BCUT2D eigenvalue weighted by Gasteiger charge is -2.45. The number of nitrogen functional groups attached to an aromatic ring is 1. The first kappa shape index (κ1) is 29.6. The average Bonchev–Trinajstić information content (AvgIpc) is 3.77. The molecule has 8 rings (SSSR count). The van der Waals surface area contributed by atoms with Crippen LogP contribution in [0.1, 0.15) is 25.1 Å². The van der Waals surface area contributed by atoms with Crippen LogP contribution in [0.5, 0.6) is 5.88 Å². The number of thiol groups is 2. The molecule has 1 saturated carbocycles. The highest BCUT2D eigenvalue weighted by Crippen LogP contribution is 2.60. The smallest absolute Gasteiger partial charge is 0.386 e. The molecule has 7 heterocycles. The van der Waals surface area contributed by atoms with Gasteiger partial charge in [0.05, 0.1) is 32.5 Å². The number of ether oxygens (including phenoxy) is 1. The van der Waals surface area contributed by atoms with Crippen molar-refractivity contribution in [1.82, 2.24) is 43.4 Å². The van der Waals surface area contributed by atoms with E-state index in [1.807, 2.05) is 4.57 Å². The van der Waals surface area contributed by atoms with Crippen molar-refractivity contribution in [3.63, 3.8) is 0 Å². The van der Waals surface area contributed by atoms with Crippen LogP contribution in [0.25, 0.3) is 28.1 Å². The van der Waals surface area contributed by atoms with Crippen LogP contribution in [0.15, 0.2) is 31.4 Å². The van der Waals surface area contributed by atoms with E-state index in [9.17, 15) is 14.2 Å². The van der Waals surface area contributed by atoms with Crippen LogP contribution >= 0.6 is 38.1 Å². The minimum Gasteiger partial charge on any atom is -0.493 e. The third-order valence-corrected chi connectivity index (χ3v) is 11.8. The largest absolute Gasteiger partial charge is 0.493 e. The number of fused-ring (bicyclic) bond motifs is 5. The predicted molar refractivity (Wildman–Crippen MR) is 163 cm³/mol. The molecule has 3 fully saturated rings. The summed E-state index contributed by atoms with van der Waals surface area (Å²) in [6.07, 6.45) is 5.90. The summed E-state index contributed by atoms with van der Waals surface area (Å²) in [5.41, 5.74) is 7.48. The van der Waals surface area contributed by atoms with Crippen LogP contribution in [0, 0.1) is 11.8 Å². The minimum atomic E-state index is -3.91. The van der Waals surface area contributed by atoms with Crippen molar-refractivity contribution in [2.24, 2.45) is 11.8 Å². The normalized spacial score (nSPS) is 34.5. The summed E-state index contributed by atoms with van der Waals surface area (Å²) in [7, 11) is 0. The van der Waals surface area contributed by atoms with Gasteiger partial charge in [0.15, 0.2) is 22.6 Å². The zero-order valence-corrected chi connectivity index (χ0v) is 26.7. The summed E-state index contributed by atoms with van der Waals surface area (Å²) in [5.74, 6) is -0.0681. The second-order valence-corrected chi connectivity index (χ2v) is 16.8. The summed E-state index contributed by atoms with van der Waals surface area (Å²) < 4.78 is 61.0. The Labute approximate surface area is 264 Å². The molecule has 22 heteroatoms. The third kappa shape index (κ3) is 5.21. The molecule has 238 valence electrons. The molecule has 45 heavy (non-hydrogen) atoms. The Morgan fingerprint density at radius 2 is 1.67 bits per heavy atom. The van der Waals surface area contributed by atoms with Crippen LogP contribution in [0.2, 0.25) is 0 Å². The highest BCUT2D eigenvalue weighted by Gasteiger charge is 2.47. The van der Waals surface area contributed by atoms with E-state index in [4.69, 9.17) is 28.6 Å². The molecule has 0 amide bonds.